The quantitative estimate of drug-likeness (QED) is 0.840. The van der Waals surface area contributed by atoms with Crippen LogP contribution in [0.5, 0.6) is 5.75 Å². The first-order valence-corrected chi connectivity index (χ1v) is 10.4. The van der Waals surface area contributed by atoms with Gasteiger partial charge in [0.2, 0.25) is 0 Å². The van der Waals surface area contributed by atoms with Crippen molar-refractivity contribution >= 4 is 5.91 Å². The van der Waals surface area contributed by atoms with E-state index in [9.17, 15) is 9.90 Å². The van der Waals surface area contributed by atoms with Crippen LogP contribution in [0.15, 0.2) is 48.5 Å². The molecule has 1 N–H and O–H groups in total. The maximum Gasteiger partial charge on any atom is 0.253 e. The van der Waals surface area contributed by atoms with Gasteiger partial charge in [-0.3, -0.25) is 9.69 Å². The first-order valence-electron chi connectivity index (χ1n) is 10.4. The van der Waals surface area contributed by atoms with Gasteiger partial charge in [-0.1, -0.05) is 30.3 Å². The molecule has 1 aliphatic heterocycles. The van der Waals surface area contributed by atoms with Gasteiger partial charge in [0.1, 0.15) is 5.75 Å². The number of hydrogen-bond acceptors (Lipinski definition) is 4. The van der Waals surface area contributed by atoms with Crippen molar-refractivity contribution in [1.29, 1.82) is 0 Å². The first-order chi connectivity index (χ1) is 13.8. The molecule has 1 heterocycles. The standard InChI is InChI=1S/C24H33N3O2/c1-6-25(4)24(29)22-13-8-7-12-21(22)23(19-10-9-11-20(28)14-19)27-16-17(2)26(5)15-18(27)3/h7-14,17-18,23,28H,6,15-16H2,1-5H3/t17-,18-,23-/m1/s1. The summed E-state index contributed by atoms with van der Waals surface area (Å²) in [5.41, 5.74) is 2.73. The molecule has 29 heavy (non-hydrogen) atoms. The number of carbonyl (C=O) groups excluding carboxylic acids is 1. The van der Waals surface area contributed by atoms with E-state index in [0.29, 0.717) is 18.6 Å². The Morgan fingerprint density at radius 3 is 2.55 bits per heavy atom. The Kier molecular flexibility index (Phi) is 6.60. The van der Waals surface area contributed by atoms with Gasteiger partial charge in [-0.2, -0.15) is 0 Å². The Morgan fingerprint density at radius 2 is 1.86 bits per heavy atom. The molecule has 2 aromatic carbocycles. The number of aromatic hydroxyl groups is 1. The monoisotopic (exact) mass is 395 g/mol. The molecule has 0 radical (unpaired) electrons. The van der Waals surface area contributed by atoms with E-state index >= 15 is 0 Å². The van der Waals surface area contributed by atoms with Crippen LogP contribution in [0, 0.1) is 0 Å². The molecule has 2 aromatic rings. The Morgan fingerprint density at radius 1 is 1.14 bits per heavy atom. The van der Waals surface area contributed by atoms with Gasteiger partial charge < -0.3 is 14.9 Å². The molecule has 1 amide bonds. The normalized spacial score (nSPS) is 21.7. The largest absolute Gasteiger partial charge is 0.508 e. The maximum absolute atomic E-state index is 13.1. The molecule has 0 aliphatic carbocycles. The minimum atomic E-state index is -0.0985. The maximum atomic E-state index is 13.1. The van der Waals surface area contributed by atoms with E-state index < -0.39 is 0 Å². The summed E-state index contributed by atoms with van der Waals surface area (Å²) in [6.07, 6.45) is 0. The molecule has 5 heteroatoms. The topological polar surface area (TPSA) is 47.0 Å². The predicted octanol–water partition coefficient (Wildman–Crippen LogP) is 3.60. The zero-order chi connectivity index (χ0) is 21.1. The second-order valence-corrected chi connectivity index (χ2v) is 8.24. The number of benzene rings is 2. The molecule has 3 atom stereocenters. The number of rotatable bonds is 5. The summed E-state index contributed by atoms with van der Waals surface area (Å²) in [4.78, 5) is 19.7. The molecule has 3 rings (SSSR count). The van der Waals surface area contributed by atoms with Crippen molar-refractivity contribution < 1.29 is 9.90 Å². The molecule has 156 valence electrons. The highest BCUT2D eigenvalue weighted by atomic mass is 16.3. The predicted molar refractivity (Wildman–Crippen MR) is 117 cm³/mol. The van der Waals surface area contributed by atoms with E-state index in [2.05, 4.69) is 36.8 Å². The van der Waals surface area contributed by atoms with E-state index in [1.165, 1.54) is 0 Å². The van der Waals surface area contributed by atoms with Crippen molar-refractivity contribution in [2.75, 3.05) is 33.7 Å². The van der Waals surface area contributed by atoms with Gasteiger partial charge in [-0.15, -0.1) is 0 Å². The molecule has 0 aromatic heterocycles. The minimum Gasteiger partial charge on any atom is -0.508 e. The summed E-state index contributed by atoms with van der Waals surface area (Å²) in [7, 11) is 4.00. The van der Waals surface area contributed by atoms with Crippen molar-refractivity contribution in [1.82, 2.24) is 14.7 Å². The Hall–Kier alpha value is -2.37. The molecule has 1 fully saturated rings. The highest BCUT2D eigenvalue weighted by Crippen LogP contribution is 2.36. The molecule has 0 bridgehead atoms. The number of phenols is 1. The average Bonchev–Trinajstić information content (AvgIpc) is 2.71. The fourth-order valence-corrected chi connectivity index (χ4v) is 4.21. The van der Waals surface area contributed by atoms with Crippen LogP contribution in [0.2, 0.25) is 0 Å². The SMILES string of the molecule is CCN(C)C(=O)c1ccccc1[C@@H](c1cccc(O)c1)N1C[C@@H](C)N(C)C[C@H]1C. The lowest BCUT2D eigenvalue weighted by Crippen LogP contribution is -2.56. The van der Waals surface area contributed by atoms with Crippen LogP contribution in [0.4, 0.5) is 0 Å². The highest BCUT2D eigenvalue weighted by molar-refractivity contribution is 5.95. The lowest BCUT2D eigenvalue weighted by Gasteiger charge is -2.46. The van der Waals surface area contributed by atoms with Crippen molar-refractivity contribution in [2.45, 2.75) is 38.9 Å². The van der Waals surface area contributed by atoms with Gasteiger partial charge >= 0.3 is 0 Å². The third-order valence-corrected chi connectivity index (χ3v) is 6.17. The highest BCUT2D eigenvalue weighted by Gasteiger charge is 2.35. The summed E-state index contributed by atoms with van der Waals surface area (Å²) < 4.78 is 0. The Balaban J connectivity index is 2.14. The van der Waals surface area contributed by atoms with Gasteiger partial charge in [0.05, 0.1) is 6.04 Å². The second kappa shape index (κ2) is 8.97. The molecule has 0 unspecified atom stereocenters. The number of phenolic OH excluding ortho intramolecular Hbond substituents is 1. The van der Waals surface area contributed by atoms with Crippen molar-refractivity contribution in [3.8, 4) is 5.75 Å². The minimum absolute atomic E-state index is 0.0306. The van der Waals surface area contributed by atoms with Crippen LogP contribution < -0.4 is 0 Å². The molecule has 1 aliphatic rings. The van der Waals surface area contributed by atoms with E-state index in [1.54, 1.807) is 11.0 Å². The average molecular weight is 396 g/mol. The van der Waals surface area contributed by atoms with Crippen LogP contribution in [0.25, 0.3) is 0 Å². The van der Waals surface area contributed by atoms with Gasteiger partial charge in [-0.05, 0) is 57.1 Å². The summed E-state index contributed by atoms with van der Waals surface area (Å²) in [5.74, 6) is 0.278. The summed E-state index contributed by atoms with van der Waals surface area (Å²) >= 11 is 0. The van der Waals surface area contributed by atoms with Crippen LogP contribution in [-0.2, 0) is 0 Å². The van der Waals surface area contributed by atoms with E-state index in [-0.39, 0.29) is 17.7 Å². The van der Waals surface area contributed by atoms with Crippen LogP contribution >= 0.6 is 0 Å². The van der Waals surface area contributed by atoms with Crippen LogP contribution in [-0.4, -0.2) is 71.5 Å². The fraction of sp³-hybridized carbons (Fsp3) is 0.458. The van der Waals surface area contributed by atoms with E-state index in [0.717, 1.165) is 29.8 Å². The Labute approximate surface area is 174 Å². The molecule has 1 saturated heterocycles. The number of carbonyl (C=O) groups is 1. The summed E-state index contributed by atoms with van der Waals surface area (Å²) in [6.45, 7) is 8.97. The van der Waals surface area contributed by atoms with Crippen molar-refractivity contribution in [3.05, 3.63) is 65.2 Å². The molecule has 5 nitrogen and oxygen atoms in total. The van der Waals surface area contributed by atoms with Gasteiger partial charge in [0, 0.05) is 44.3 Å². The third-order valence-electron chi connectivity index (χ3n) is 6.17. The lowest BCUT2D eigenvalue weighted by atomic mass is 9.90. The van der Waals surface area contributed by atoms with Crippen LogP contribution in [0.1, 0.15) is 48.3 Å². The third kappa shape index (κ3) is 4.46. The number of likely N-dealkylation sites (N-methyl/N-ethyl adjacent to an activating group) is 1. The molecular formula is C24H33N3O2. The summed E-state index contributed by atoms with van der Waals surface area (Å²) in [6, 6.07) is 16.0. The molecular weight excluding hydrogens is 362 g/mol. The smallest absolute Gasteiger partial charge is 0.253 e. The van der Waals surface area contributed by atoms with E-state index in [1.807, 2.05) is 50.4 Å². The van der Waals surface area contributed by atoms with Crippen LogP contribution in [0.3, 0.4) is 0 Å². The number of amides is 1. The van der Waals surface area contributed by atoms with Crippen molar-refractivity contribution in [3.63, 3.8) is 0 Å². The van der Waals surface area contributed by atoms with Gasteiger partial charge in [-0.25, -0.2) is 0 Å². The lowest BCUT2D eigenvalue weighted by molar-refractivity contribution is 0.0384. The zero-order valence-electron chi connectivity index (χ0n) is 18.2. The number of hydrogen-bond donors (Lipinski definition) is 1. The van der Waals surface area contributed by atoms with Crippen molar-refractivity contribution in [2.24, 2.45) is 0 Å². The van der Waals surface area contributed by atoms with Gasteiger partial charge in [0.15, 0.2) is 0 Å². The van der Waals surface area contributed by atoms with Gasteiger partial charge in [0.25, 0.3) is 5.91 Å². The molecule has 0 saturated carbocycles. The molecule has 0 spiro atoms. The zero-order valence-corrected chi connectivity index (χ0v) is 18.2. The fourth-order valence-electron chi connectivity index (χ4n) is 4.21. The number of nitrogens with zero attached hydrogens (tertiary/aromatic N) is 3. The summed E-state index contributed by atoms with van der Waals surface area (Å²) in [5, 5.41) is 10.2. The second-order valence-electron chi connectivity index (χ2n) is 8.24. The first kappa shape index (κ1) is 21.3. The Bertz CT molecular complexity index is 854. The van der Waals surface area contributed by atoms with E-state index in [4.69, 9.17) is 0 Å². The number of piperazine rings is 1.